The lowest BCUT2D eigenvalue weighted by atomic mass is 9.79. The van der Waals surface area contributed by atoms with E-state index in [0.717, 1.165) is 0 Å². The second-order valence-electron chi connectivity index (χ2n) is 9.58. The topological polar surface area (TPSA) is 118 Å². The van der Waals surface area contributed by atoms with Crippen LogP contribution in [-0.2, 0) is 38.1 Å². The summed E-state index contributed by atoms with van der Waals surface area (Å²) in [6, 6.07) is 0. The van der Waals surface area contributed by atoms with Crippen molar-refractivity contribution in [3.63, 3.8) is 0 Å². The van der Waals surface area contributed by atoms with E-state index in [1.165, 1.54) is 11.0 Å². The van der Waals surface area contributed by atoms with Gasteiger partial charge in [0.1, 0.15) is 25.4 Å². The van der Waals surface area contributed by atoms with Gasteiger partial charge >= 0.3 is 11.9 Å². The molecule has 0 spiro atoms. The van der Waals surface area contributed by atoms with E-state index in [-0.39, 0.29) is 71.6 Å². The van der Waals surface area contributed by atoms with Crippen molar-refractivity contribution in [2.24, 2.45) is 11.3 Å². The second-order valence-corrected chi connectivity index (χ2v) is 9.58. The molecule has 2 saturated heterocycles. The minimum absolute atomic E-state index is 0. The fraction of sp³-hybridized carbons (Fsp3) is 0.733. The minimum atomic E-state index is -0.611. The Bertz CT molecular complexity index is 774. The summed E-state index contributed by atoms with van der Waals surface area (Å²) in [6.07, 6.45) is 2.65. The van der Waals surface area contributed by atoms with Gasteiger partial charge in [-0.3, -0.25) is 14.4 Å². The number of ether oxygens (including phenoxy) is 4. The van der Waals surface area contributed by atoms with E-state index in [4.69, 9.17) is 18.9 Å². The van der Waals surface area contributed by atoms with E-state index < -0.39 is 5.41 Å². The summed E-state index contributed by atoms with van der Waals surface area (Å²) in [6.45, 7) is 16.1. The molecule has 2 heterocycles. The summed E-state index contributed by atoms with van der Waals surface area (Å²) in [5, 5.41) is 0. The first-order valence-corrected chi connectivity index (χ1v) is 12.0. The molecule has 2 amide bonds. The third-order valence-corrected chi connectivity index (χ3v) is 5.46. The normalized spacial score (nSPS) is 17.4. The fourth-order valence-electron chi connectivity index (χ4n) is 2.72. The SMILES string of the molecule is C.C.C.C.C=C(C)C(=O)OCC1CO1.C=CC(=O)N(C)C.CCC(C)(CC(C)C(=O)N(C)C)C(=O)OCC1CO1. The molecule has 0 aromatic heterocycles. The largest absolute Gasteiger partial charge is 0.462 e. The fourth-order valence-corrected chi connectivity index (χ4v) is 2.72. The van der Waals surface area contributed by atoms with Gasteiger partial charge in [0.05, 0.1) is 18.6 Å². The quantitative estimate of drug-likeness (QED) is 0.196. The highest BCUT2D eigenvalue weighted by Crippen LogP contribution is 2.32. The lowest BCUT2D eigenvalue weighted by molar-refractivity contribution is -0.157. The van der Waals surface area contributed by atoms with E-state index in [2.05, 4.69) is 13.2 Å². The molecular formula is C30H60N2O8. The van der Waals surface area contributed by atoms with E-state index in [0.29, 0.717) is 44.8 Å². The van der Waals surface area contributed by atoms with Crippen molar-refractivity contribution in [3.05, 3.63) is 24.8 Å². The van der Waals surface area contributed by atoms with Crippen LogP contribution in [-0.4, -0.2) is 100 Å². The molecular weight excluding hydrogens is 516 g/mol. The first-order chi connectivity index (χ1) is 16.7. The van der Waals surface area contributed by atoms with Crippen molar-refractivity contribution in [3.8, 4) is 0 Å². The van der Waals surface area contributed by atoms with Gasteiger partial charge in [0, 0.05) is 39.7 Å². The van der Waals surface area contributed by atoms with Crippen LogP contribution in [0.3, 0.4) is 0 Å². The predicted octanol–water partition coefficient (Wildman–Crippen LogP) is 4.77. The Morgan fingerprint density at radius 3 is 1.65 bits per heavy atom. The van der Waals surface area contributed by atoms with Crippen LogP contribution in [0.2, 0.25) is 0 Å². The molecule has 10 nitrogen and oxygen atoms in total. The average molecular weight is 577 g/mol. The molecule has 0 aromatic rings. The molecule has 0 N–H and O–H groups in total. The van der Waals surface area contributed by atoms with Crippen molar-refractivity contribution < 1.29 is 38.1 Å². The maximum atomic E-state index is 12.2. The summed E-state index contributed by atoms with van der Waals surface area (Å²) in [7, 11) is 6.82. The molecule has 4 unspecified atom stereocenters. The van der Waals surface area contributed by atoms with Crippen LogP contribution in [0.4, 0.5) is 0 Å². The van der Waals surface area contributed by atoms with Gasteiger partial charge in [0.25, 0.3) is 0 Å². The van der Waals surface area contributed by atoms with Gasteiger partial charge in [0.2, 0.25) is 11.8 Å². The van der Waals surface area contributed by atoms with Crippen molar-refractivity contribution in [2.75, 3.05) is 54.6 Å². The van der Waals surface area contributed by atoms with Crippen molar-refractivity contribution in [1.82, 2.24) is 9.80 Å². The number of rotatable bonds is 11. The Labute approximate surface area is 245 Å². The molecule has 0 radical (unpaired) electrons. The average Bonchev–Trinajstić information content (AvgIpc) is 3.75. The first-order valence-electron chi connectivity index (χ1n) is 12.0. The minimum Gasteiger partial charge on any atom is -0.462 e. The zero-order chi connectivity index (χ0) is 28.1. The van der Waals surface area contributed by atoms with Crippen LogP contribution in [0.25, 0.3) is 0 Å². The lowest BCUT2D eigenvalue weighted by Gasteiger charge is -2.29. The molecule has 4 atom stereocenters. The molecule has 40 heavy (non-hydrogen) atoms. The van der Waals surface area contributed by atoms with Gasteiger partial charge in [-0.05, 0) is 32.8 Å². The standard InChI is InChI=1S/C14H25NO4.C7H10O3.C5H9NO.4CH4/c1-6-14(3,7-10(2)12(16)15(4)5)13(17)19-9-11-8-18-11;1-5(2)7(8)10-4-6-3-9-6;1-4-5(7)6(2)3;;;;/h10-11H,6-9H2,1-5H3;6H,1,3-4H2,2H3;4H,1H2,2-3H3;4*1H4. The summed E-state index contributed by atoms with van der Waals surface area (Å²) in [4.78, 5) is 48.1. The maximum absolute atomic E-state index is 12.2. The highest BCUT2D eigenvalue weighted by molar-refractivity contribution is 5.87. The predicted molar refractivity (Wildman–Crippen MR) is 163 cm³/mol. The van der Waals surface area contributed by atoms with Gasteiger partial charge in [0.15, 0.2) is 0 Å². The molecule has 238 valence electrons. The Morgan fingerprint density at radius 2 is 1.38 bits per heavy atom. The molecule has 10 heteroatoms. The highest BCUT2D eigenvalue weighted by Gasteiger charge is 2.37. The molecule has 0 saturated carbocycles. The number of hydrogen-bond acceptors (Lipinski definition) is 8. The van der Waals surface area contributed by atoms with Crippen LogP contribution in [0.1, 0.15) is 70.2 Å². The van der Waals surface area contributed by atoms with E-state index in [1.807, 2.05) is 20.8 Å². The Hall–Kier alpha value is -2.72. The molecule has 0 bridgehead atoms. The monoisotopic (exact) mass is 576 g/mol. The molecule has 2 fully saturated rings. The summed E-state index contributed by atoms with van der Waals surface area (Å²) >= 11 is 0. The van der Waals surface area contributed by atoms with E-state index in [9.17, 15) is 19.2 Å². The molecule has 0 aromatic carbocycles. The van der Waals surface area contributed by atoms with Crippen molar-refractivity contribution in [2.45, 2.75) is 82.5 Å². The smallest absolute Gasteiger partial charge is 0.333 e. The van der Waals surface area contributed by atoms with Gasteiger partial charge < -0.3 is 28.7 Å². The molecule has 2 aliphatic heterocycles. The second kappa shape index (κ2) is 23.0. The van der Waals surface area contributed by atoms with Gasteiger partial charge in [-0.1, -0.05) is 56.7 Å². The zero-order valence-corrected chi connectivity index (χ0v) is 23.1. The number of carbonyl (C=O) groups is 4. The van der Waals surface area contributed by atoms with Gasteiger partial charge in [-0.15, -0.1) is 0 Å². The Morgan fingerprint density at radius 1 is 0.950 bits per heavy atom. The number of epoxide rings is 2. The van der Waals surface area contributed by atoms with Gasteiger partial charge in [-0.25, -0.2) is 4.79 Å². The first kappa shape index (κ1) is 47.1. The van der Waals surface area contributed by atoms with Crippen LogP contribution in [0.5, 0.6) is 0 Å². The number of amides is 2. The summed E-state index contributed by atoms with van der Waals surface area (Å²) < 4.78 is 19.9. The number of nitrogens with zero attached hydrogens (tertiary/aromatic N) is 2. The number of esters is 2. The van der Waals surface area contributed by atoms with Crippen LogP contribution in [0, 0.1) is 11.3 Å². The highest BCUT2D eigenvalue weighted by atomic mass is 16.6. The third-order valence-electron chi connectivity index (χ3n) is 5.46. The summed E-state index contributed by atoms with van der Waals surface area (Å²) in [5.74, 6) is -0.776. The van der Waals surface area contributed by atoms with Gasteiger partial charge in [-0.2, -0.15) is 0 Å². The molecule has 0 aliphatic carbocycles. The van der Waals surface area contributed by atoms with E-state index >= 15 is 0 Å². The lowest BCUT2D eigenvalue weighted by Crippen LogP contribution is -2.36. The van der Waals surface area contributed by atoms with E-state index in [1.54, 1.807) is 40.0 Å². The number of likely N-dealkylation sites (N-methyl/N-ethyl adjacent to an activating group) is 1. The number of hydrogen-bond donors (Lipinski definition) is 0. The maximum Gasteiger partial charge on any atom is 0.333 e. The van der Waals surface area contributed by atoms with Crippen LogP contribution < -0.4 is 0 Å². The van der Waals surface area contributed by atoms with Crippen LogP contribution in [0.15, 0.2) is 24.8 Å². The van der Waals surface area contributed by atoms with Crippen molar-refractivity contribution >= 4 is 23.8 Å². The van der Waals surface area contributed by atoms with Crippen LogP contribution >= 0.6 is 0 Å². The summed E-state index contributed by atoms with van der Waals surface area (Å²) in [5.41, 5.74) is -0.180. The molecule has 2 aliphatic rings. The molecule has 2 rings (SSSR count). The Kier molecular flexibility index (Phi) is 27.1. The zero-order valence-electron chi connectivity index (χ0n) is 23.1. The number of carbonyl (C=O) groups excluding carboxylic acids is 4. The van der Waals surface area contributed by atoms with Crippen molar-refractivity contribution in [1.29, 1.82) is 0 Å². The Balaban J connectivity index is -0.000000166. The third kappa shape index (κ3) is 20.2.